The first-order chi connectivity index (χ1) is 8.69. The van der Waals surface area contributed by atoms with Crippen molar-refractivity contribution in [3.63, 3.8) is 0 Å². The topological polar surface area (TPSA) is 12.0 Å². The number of hydrogen-bond donors (Lipinski definition) is 1. The molecule has 0 aliphatic heterocycles. The van der Waals surface area contributed by atoms with Gasteiger partial charge < -0.3 is 5.32 Å². The van der Waals surface area contributed by atoms with Crippen molar-refractivity contribution in [3.8, 4) is 0 Å². The molecule has 1 heteroatoms. The van der Waals surface area contributed by atoms with Crippen LogP contribution >= 0.6 is 0 Å². The summed E-state index contributed by atoms with van der Waals surface area (Å²) in [5.41, 5.74) is 4.21. The number of unbranched alkanes of at least 4 members (excludes halogenated alkanes) is 1. The van der Waals surface area contributed by atoms with Crippen molar-refractivity contribution in [2.24, 2.45) is 0 Å². The highest BCUT2D eigenvalue weighted by Crippen LogP contribution is 2.23. The monoisotopic (exact) mass is 245 g/mol. The van der Waals surface area contributed by atoms with Gasteiger partial charge in [0.15, 0.2) is 0 Å². The number of rotatable bonds is 8. The van der Waals surface area contributed by atoms with E-state index in [2.05, 4.69) is 50.9 Å². The first-order valence-corrected chi connectivity index (χ1v) is 7.10. The smallest absolute Gasteiger partial charge is 0.0322 e. The largest absolute Gasteiger partial charge is 0.310 e. The Hall–Kier alpha value is -1.08. The SMILES string of the molecule is C=CCCCC(NCCC)c1ccc(C)cc1C. The minimum Gasteiger partial charge on any atom is -0.310 e. The van der Waals surface area contributed by atoms with Crippen molar-refractivity contribution >= 4 is 0 Å². The number of benzene rings is 1. The highest BCUT2D eigenvalue weighted by molar-refractivity contribution is 5.32. The van der Waals surface area contributed by atoms with Crippen LogP contribution in [0.1, 0.15) is 55.3 Å². The fourth-order valence-corrected chi connectivity index (χ4v) is 2.37. The highest BCUT2D eigenvalue weighted by Gasteiger charge is 2.12. The third-order valence-electron chi connectivity index (χ3n) is 3.34. The van der Waals surface area contributed by atoms with Gasteiger partial charge in [0.05, 0.1) is 0 Å². The summed E-state index contributed by atoms with van der Waals surface area (Å²) in [6.45, 7) is 11.5. The van der Waals surface area contributed by atoms with E-state index in [4.69, 9.17) is 0 Å². The number of aryl methyl sites for hydroxylation is 2. The molecule has 18 heavy (non-hydrogen) atoms. The maximum Gasteiger partial charge on any atom is 0.0322 e. The molecule has 0 aliphatic carbocycles. The second-order valence-electron chi connectivity index (χ2n) is 5.09. The molecule has 0 aliphatic rings. The Morgan fingerprint density at radius 1 is 1.33 bits per heavy atom. The summed E-state index contributed by atoms with van der Waals surface area (Å²) in [6.07, 6.45) is 6.70. The van der Waals surface area contributed by atoms with E-state index in [9.17, 15) is 0 Å². The van der Waals surface area contributed by atoms with Crippen molar-refractivity contribution < 1.29 is 0 Å². The zero-order chi connectivity index (χ0) is 13.4. The number of hydrogen-bond acceptors (Lipinski definition) is 1. The van der Waals surface area contributed by atoms with Gasteiger partial charge in [0, 0.05) is 6.04 Å². The molecule has 0 heterocycles. The zero-order valence-corrected chi connectivity index (χ0v) is 12.1. The Morgan fingerprint density at radius 2 is 2.11 bits per heavy atom. The highest BCUT2D eigenvalue weighted by atomic mass is 14.9. The van der Waals surface area contributed by atoms with Crippen LogP contribution in [0.5, 0.6) is 0 Å². The molecule has 1 atom stereocenters. The van der Waals surface area contributed by atoms with Crippen molar-refractivity contribution in [1.82, 2.24) is 5.32 Å². The first kappa shape index (κ1) is 15.0. The minimum absolute atomic E-state index is 0.491. The molecule has 1 N–H and O–H groups in total. The Morgan fingerprint density at radius 3 is 2.72 bits per heavy atom. The van der Waals surface area contributed by atoms with E-state index in [0.717, 1.165) is 13.0 Å². The summed E-state index contributed by atoms with van der Waals surface area (Å²) in [7, 11) is 0. The van der Waals surface area contributed by atoms with E-state index in [-0.39, 0.29) is 0 Å². The molecule has 1 rings (SSSR count). The lowest BCUT2D eigenvalue weighted by Gasteiger charge is -2.21. The zero-order valence-electron chi connectivity index (χ0n) is 12.1. The predicted molar refractivity (Wildman–Crippen MR) is 81.0 cm³/mol. The van der Waals surface area contributed by atoms with Crippen LogP contribution in [0.3, 0.4) is 0 Å². The number of allylic oxidation sites excluding steroid dienone is 1. The van der Waals surface area contributed by atoms with E-state index in [1.165, 1.54) is 36.0 Å². The minimum atomic E-state index is 0.491. The molecule has 100 valence electrons. The average Bonchev–Trinajstić information content (AvgIpc) is 2.34. The Bertz CT molecular complexity index is 368. The lowest BCUT2D eigenvalue weighted by atomic mass is 9.95. The molecule has 0 radical (unpaired) electrons. The van der Waals surface area contributed by atoms with Gasteiger partial charge in [-0.2, -0.15) is 0 Å². The maximum atomic E-state index is 3.80. The van der Waals surface area contributed by atoms with Crippen LogP contribution in [0.2, 0.25) is 0 Å². The maximum absolute atomic E-state index is 3.80. The fourth-order valence-electron chi connectivity index (χ4n) is 2.37. The summed E-state index contributed by atoms with van der Waals surface area (Å²) in [5, 5.41) is 3.67. The van der Waals surface area contributed by atoms with Gasteiger partial charge in [-0.25, -0.2) is 0 Å². The third-order valence-corrected chi connectivity index (χ3v) is 3.34. The Kier molecular flexibility index (Phi) is 6.74. The molecular formula is C17H27N. The van der Waals surface area contributed by atoms with E-state index < -0.39 is 0 Å². The van der Waals surface area contributed by atoms with E-state index in [1.807, 2.05) is 6.08 Å². The van der Waals surface area contributed by atoms with E-state index in [1.54, 1.807) is 0 Å². The van der Waals surface area contributed by atoms with Crippen LogP contribution in [0.15, 0.2) is 30.9 Å². The second kappa shape index (κ2) is 8.10. The molecule has 0 saturated heterocycles. The summed E-state index contributed by atoms with van der Waals surface area (Å²) < 4.78 is 0. The molecule has 0 aromatic heterocycles. The number of nitrogens with one attached hydrogen (secondary N) is 1. The fraction of sp³-hybridized carbons (Fsp3) is 0.529. The van der Waals surface area contributed by atoms with Crippen molar-refractivity contribution in [3.05, 3.63) is 47.5 Å². The quantitative estimate of drug-likeness (QED) is 0.517. The molecule has 0 spiro atoms. The van der Waals surface area contributed by atoms with E-state index in [0.29, 0.717) is 6.04 Å². The van der Waals surface area contributed by atoms with Crippen LogP contribution in [0.4, 0.5) is 0 Å². The van der Waals surface area contributed by atoms with Crippen molar-refractivity contribution in [1.29, 1.82) is 0 Å². The molecule has 1 nitrogen and oxygen atoms in total. The third kappa shape index (κ3) is 4.66. The van der Waals surface area contributed by atoms with Crippen LogP contribution in [0, 0.1) is 13.8 Å². The molecule has 0 bridgehead atoms. The van der Waals surface area contributed by atoms with Gasteiger partial charge in [-0.05, 0) is 57.2 Å². The van der Waals surface area contributed by atoms with Gasteiger partial charge in [-0.15, -0.1) is 6.58 Å². The lowest BCUT2D eigenvalue weighted by Crippen LogP contribution is -2.22. The average molecular weight is 245 g/mol. The van der Waals surface area contributed by atoms with Crippen molar-refractivity contribution in [2.75, 3.05) is 6.54 Å². The molecule has 0 amide bonds. The summed E-state index contributed by atoms with van der Waals surface area (Å²) in [5.74, 6) is 0. The van der Waals surface area contributed by atoms with Crippen LogP contribution in [-0.2, 0) is 0 Å². The van der Waals surface area contributed by atoms with Gasteiger partial charge in [0.1, 0.15) is 0 Å². The standard InChI is InChI=1S/C17H27N/c1-5-7-8-9-17(18-12-6-2)16-11-10-14(3)13-15(16)4/h5,10-11,13,17-18H,1,6-9,12H2,2-4H3. The summed E-state index contributed by atoms with van der Waals surface area (Å²) >= 11 is 0. The molecule has 0 saturated carbocycles. The molecule has 1 aromatic carbocycles. The van der Waals surface area contributed by atoms with Gasteiger partial charge in [-0.1, -0.05) is 36.8 Å². The van der Waals surface area contributed by atoms with Crippen molar-refractivity contribution in [2.45, 2.75) is 52.5 Å². The molecule has 1 aromatic rings. The molecule has 0 fully saturated rings. The van der Waals surface area contributed by atoms with Gasteiger partial charge >= 0.3 is 0 Å². The lowest BCUT2D eigenvalue weighted by molar-refractivity contribution is 0.484. The predicted octanol–water partition coefficient (Wildman–Crippen LogP) is 4.70. The van der Waals surface area contributed by atoms with Crippen LogP contribution < -0.4 is 5.32 Å². The van der Waals surface area contributed by atoms with Crippen LogP contribution in [-0.4, -0.2) is 6.54 Å². The van der Waals surface area contributed by atoms with E-state index >= 15 is 0 Å². The normalized spacial score (nSPS) is 12.4. The van der Waals surface area contributed by atoms with Gasteiger partial charge in [0.25, 0.3) is 0 Å². The summed E-state index contributed by atoms with van der Waals surface area (Å²) in [4.78, 5) is 0. The Balaban J connectivity index is 2.76. The summed E-state index contributed by atoms with van der Waals surface area (Å²) in [6, 6.07) is 7.27. The molecular weight excluding hydrogens is 218 g/mol. The van der Waals surface area contributed by atoms with Crippen LogP contribution in [0.25, 0.3) is 0 Å². The second-order valence-corrected chi connectivity index (χ2v) is 5.09. The Labute approximate surface area is 112 Å². The molecule has 1 unspecified atom stereocenters. The van der Waals surface area contributed by atoms with Gasteiger partial charge in [-0.3, -0.25) is 0 Å². The first-order valence-electron chi connectivity index (χ1n) is 7.10. The van der Waals surface area contributed by atoms with Gasteiger partial charge in [0.2, 0.25) is 0 Å².